The van der Waals surface area contributed by atoms with E-state index in [0.29, 0.717) is 22.8 Å². The van der Waals surface area contributed by atoms with Gasteiger partial charge in [0.15, 0.2) is 5.17 Å². The number of amides is 5. The van der Waals surface area contributed by atoms with Crippen LogP contribution >= 0.6 is 23.4 Å². The van der Waals surface area contributed by atoms with Gasteiger partial charge in [-0.2, -0.15) is 18.2 Å². The molecule has 0 aliphatic carbocycles. The molecule has 1 atom stereocenters. The standard InChI is InChI=1S/C30H29ClF3N5O3S/c1-17(2)24-13-8-21(31)15-25(24)39-26(40)16-43-29(39)38-27(41)35-18(3)14-19-4-9-22(10-5-19)36-28(42)37-23-11-6-20(7-12-23)30(32,33)34/h4-13,15,17-18H,14,16H2,1-3H3,(H,35,41)(H2,36,37,42)/b38-29-. The Hall–Kier alpha value is -4.03. The molecule has 5 amide bonds. The van der Waals surface area contributed by atoms with E-state index in [2.05, 4.69) is 20.9 Å². The maximum absolute atomic E-state index is 12.8. The molecule has 3 aromatic rings. The number of carbonyl (C=O) groups is 3. The molecule has 0 radical (unpaired) electrons. The van der Waals surface area contributed by atoms with Crippen LogP contribution in [0.15, 0.2) is 71.7 Å². The molecule has 0 aromatic heterocycles. The number of aliphatic imine (C=N–C) groups is 1. The Balaban J connectivity index is 1.32. The van der Waals surface area contributed by atoms with E-state index in [1.807, 2.05) is 26.8 Å². The number of urea groups is 2. The lowest BCUT2D eigenvalue weighted by Crippen LogP contribution is -2.35. The monoisotopic (exact) mass is 631 g/mol. The molecule has 1 saturated heterocycles. The number of alkyl halides is 3. The SMILES string of the molecule is CC(Cc1ccc(NC(=O)Nc2ccc(C(F)(F)F)cc2)cc1)NC(=O)/N=C1\SCC(=O)N1c1cc(Cl)ccc1C(C)C. The molecular formula is C30H29ClF3N5O3S. The average Bonchev–Trinajstić information content (AvgIpc) is 3.28. The van der Waals surface area contributed by atoms with Crippen molar-refractivity contribution in [2.45, 2.75) is 45.3 Å². The minimum atomic E-state index is -4.46. The molecule has 4 rings (SSSR count). The Morgan fingerprint density at radius 2 is 1.58 bits per heavy atom. The zero-order valence-corrected chi connectivity index (χ0v) is 25.0. The highest BCUT2D eigenvalue weighted by Crippen LogP contribution is 2.35. The summed E-state index contributed by atoms with van der Waals surface area (Å²) in [6, 6.07) is 14.9. The van der Waals surface area contributed by atoms with Crippen molar-refractivity contribution in [1.82, 2.24) is 5.32 Å². The molecule has 0 saturated carbocycles. The lowest BCUT2D eigenvalue weighted by molar-refractivity contribution is -0.137. The molecule has 226 valence electrons. The third-order valence-electron chi connectivity index (χ3n) is 6.41. The van der Waals surface area contributed by atoms with Crippen LogP contribution in [-0.2, 0) is 17.4 Å². The Labute approximate surface area is 256 Å². The summed E-state index contributed by atoms with van der Waals surface area (Å²) in [5, 5.41) is 8.69. The lowest BCUT2D eigenvalue weighted by atomic mass is 10.0. The van der Waals surface area contributed by atoms with Gasteiger partial charge in [0.1, 0.15) is 0 Å². The van der Waals surface area contributed by atoms with Crippen molar-refractivity contribution in [2.75, 3.05) is 21.3 Å². The van der Waals surface area contributed by atoms with Gasteiger partial charge < -0.3 is 16.0 Å². The number of nitrogens with zero attached hydrogens (tertiary/aromatic N) is 2. The van der Waals surface area contributed by atoms with Gasteiger partial charge in [0.25, 0.3) is 0 Å². The highest BCUT2D eigenvalue weighted by molar-refractivity contribution is 8.15. The van der Waals surface area contributed by atoms with Crippen molar-refractivity contribution in [1.29, 1.82) is 0 Å². The van der Waals surface area contributed by atoms with Gasteiger partial charge in [0.05, 0.1) is 17.0 Å². The number of rotatable bonds is 7. The van der Waals surface area contributed by atoms with E-state index in [1.54, 1.807) is 36.4 Å². The average molecular weight is 632 g/mol. The molecule has 1 aliphatic heterocycles. The number of hydrogen-bond acceptors (Lipinski definition) is 4. The molecule has 1 aliphatic rings. The van der Waals surface area contributed by atoms with Gasteiger partial charge in [0, 0.05) is 22.4 Å². The van der Waals surface area contributed by atoms with E-state index in [1.165, 1.54) is 28.8 Å². The van der Waals surface area contributed by atoms with E-state index < -0.39 is 23.8 Å². The number of anilines is 3. The number of nitrogens with one attached hydrogen (secondary N) is 3. The van der Waals surface area contributed by atoms with Gasteiger partial charge in [-0.15, -0.1) is 0 Å². The molecule has 1 heterocycles. The molecule has 13 heteroatoms. The molecule has 3 aromatic carbocycles. The number of carbonyl (C=O) groups excluding carboxylic acids is 3. The Kier molecular flexibility index (Phi) is 10.0. The van der Waals surface area contributed by atoms with Gasteiger partial charge >= 0.3 is 18.2 Å². The quantitative estimate of drug-likeness (QED) is 0.247. The summed E-state index contributed by atoms with van der Waals surface area (Å²) in [5.74, 6) is 0.0975. The second kappa shape index (κ2) is 13.5. The van der Waals surface area contributed by atoms with Crippen molar-refractivity contribution < 1.29 is 27.6 Å². The van der Waals surface area contributed by atoms with Crippen molar-refractivity contribution >= 4 is 63.6 Å². The van der Waals surface area contributed by atoms with Crippen LogP contribution in [0.1, 0.15) is 43.4 Å². The summed E-state index contributed by atoms with van der Waals surface area (Å²) in [6.45, 7) is 5.83. The molecule has 0 bridgehead atoms. The summed E-state index contributed by atoms with van der Waals surface area (Å²) >= 11 is 7.40. The highest BCUT2D eigenvalue weighted by Gasteiger charge is 2.33. The zero-order chi connectivity index (χ0) is 31.3. The zero-order valence-electron chi connectivity index (χ0n) is 23.5. The van der Waals surface area contributed by atoms with Crippen LogP contribution in [0.4, 0.5) is 39.8 Å². The maximum atomic E-state index is 12.8. The smallest absolute Gasteiger partial charge is 0.333 e. The fourth-order valence-corrected chi connectivity index (χ4v) is 5.40. The van der Waals surface area contributed by atoms with Crippen LogP contribution in [0.3, 0.4) is 0 Å². The van der Waals surface area contributed by atoms with Gasteiger partial charge in [-0.25, -0.2) is 9.59 Å². The van der Waals surface area contributed by atoms with Gasteiger partial charge in [0.2, 0.25) is 5.91 Å². The van der Waals surface area contributed by atoms with Crippen molar-refractivity contribution in [3.8, 4) is 0 Å². The van der Waals surface area contributed by atoms with E-state index in [4.69, 9.17) is 11.6 Å². The minimum Gasteiger partial charge on any atom is -0.333 e. The summed E-state index contributed by atoms with van der Waals surface area (Å²) in [5.41, 5.74) is 2.28. The highest BCUT2D eigenvalue weighted by atomic mass is 35.5. The molecule has 1 fully saturated rings. The Morgan fingerprint density at radius 1 is 0.977 bits per heavy atom. The largest absolute Gasteiger partial charge is 0.416 e. The van der Waals surface area contributed by atoms with Crippen LogP contribution in [0.25, 0.3) is 0 Å². The first-order valence-electron chi connectivity index (χ1n) is 13.3. The molecule has 8 nitrogen and oxygen atoms in total. The van der Waals surface area contributed by atoms with E-state index in [0.717, 1.165) is 23.3 Å². The first-order chi connectivity index (χ1) is 20.3. The Morgan fingerprint density at radius 3 is 2.16 bits per heavy atom. The van der Waals surface area contributed by atoms with Crippen LogP contribution < -0.4 is 20.9 Å². The summed E-state index contributed by atoms with van der Waals surface area (Å²) in [4.78, 5) is 43.4. The molecule has 0 spiro atoms. The van der Waals surface area contributed by atoms with Crippen LogP contribution in [0, 0.1) is 0 Å². The van der Waals surface area contributed by atoms with Crippen molar-refractivity contribution in [3.63, 3.8) is 0 Å². The maximum Gasteiger partial charge on any atom is 0.416 e. The molecule has 3 N–H and O–H groups in total. The van der Waals surface area contributed by atoms with Crippen LogP contribution in [0.5, 0.6) is 0 Å². The van der Waals surface area contributed by atoms with Gasteiger partial charge in [-0.3, -0.25) is 9.69 Å². The van der Waals surface area contributed by atoms with E-state index >= 15 is 0 Å². The topological polar surface area (TPSA) is 103 Å². The molecule has 43 heavy (non-hydrogen) atoms. The first kappa shape index (κ1) is 31.9. The fourth-order valence-electron chi connectivity index (χ4n) is 4.38. The summed E-state index contributed by atoms with van der Waals surface area (Å²) in [7, 11) is 0. The third-order valence-corrected chi connectivity index (χ3v) is 7.57. The van der Waals surface area contributed by atoms with E-state index in [-0.39, 0.29) is 34.5 Å². The van der Waals surface area contributed by atoms with Gasteiger partial charge in [-0.1, -0.05) is 55.4 Å². The van der Waals surface area contributed by atoms with Crippen molar-refractivity contribution in [3.05, 3.63) is 88.4 Å². The van der Waals surface area contributed by atoms with E-state index in [9.17, 15) is 27.6 Å². The fraction of sp³-hybridized carbons (Fsp3) is 0.267. The third kappa shape index (κ3) is 8.51. The van der Waals surface area contributed by atoms with Crippen molar-refractivity contribution in [2.24, 2.45) is 4.99 Å². The summed E-state index contributed by atoms with van der Waals surface area (Å²) < 4.78 is 38.1. The minimum absolute atomic E-state index is 0.121. The predicted octanol–water partition coefficient (Wildman–Crippen LogP) is 7.90. The lowest BCUT2D eigenvalue weighted by Gasteiger charge is -2.22. The number of hydrogen-bond donors (Lipinski definition) is 3. The normalized spacial score (nSPS) is 15.1. The Bertz CT molecular complexity index is 1530. The second-order valence-corrected chi connectivity index (χ2v) is 11.6. The number of halogens is 4. The van der Waals surface area contributed by atoms with Crippen LogP contribution in [0.2, 0.25) is 5.02 Å². The number of benzene rings is 3. The number of thioether (sulfide) groups is 1. The van der Waals surface area contributed by atoms with Crippen LogP contribution in [-0.4, -0.2) is 34.9 Å². The predicted molar refractivity (Wildman–Crippen MR) is 165 cm³/mol. The van der Waals surface area contributed by atoms with Gasteiger partial charge in [-0.05, 0) is 78.9 Å². The summed E-state index contributed by atoms with van der Waals surface area (Å²) in [6.07, 6.45) is -3.99. The first-order valence-corrected chi connectivity index (χ1v) is 14.6. The second-order valence-electron chi connectivity index (χ2n) is 10.2. The molecule has 1 unspecified atom stereocenters. The molecular weight excluding hydrogens is 603 g/mol. The number of amidine groups is 1.